The van der Waals surface area contributed by atoms with Crippen molar-refractivity contribution >= 4 is 12.2 Å². The Balaban J connectivity index is 1.79. The number of likely N-dealkylation sites (N-methyl/N-ethyl adjacent to an activating group) is 1. The van der Waals surface area contributed by atoms with Gasteiger partial charge in [0.25, 0.3) is 5.56 Å². The third-order valence-corrected chi connectivity index (χ3v) is 6.17. The van der Waals surface area contributed by atoms with Crippen LogP contribution in [0, 0.1) is 4.77 Å². The second-order valence-corrected chi connectivity index (χ2v) is 7.98. The molecule has 0 spiro atoms. The Morgan fingerprint density at radius 2 is 2.14 bits per heavy atom. The summed E-state index contributed by atoms with van der Waals surface area (Å²) in [7, 11) is 3.60. The molecule has 8 nitrogen and oxygen atoms in total. The Morgan fingerprint density at radius 3 is 2.86 bits per heavy atom. The zero-order valence-electron chi connectivity index (χ0n) is 15.7. The molecular formula is C19H22N3O5S+. The van der Waals surface area contributed by atoms with E-state index in [-0.39, 0.29) is 29.0 Å². The van der Waals surface area contributed by atoms with Crippen molar-refractivity contribution in [1.82, 2.24) is 9.55 Å². The fraction of sp³-hybridized carbons (Fsp3) is 0.474. The number of aromatic amines is 1. The summed E-state index contributed by atoms with van der Waals surface area (Å²) < 4.78 is 18.8. The van der Waals surface area contributed by atoms with Gasteiger partial charge in [-0.2, -0.15) is 0 Å². The molecule has 3 N–H and O–H groups in total. The van der Waals surface area contributed by atoms with Crippen LogP contribution < -0.4 is 24.7 Å². The van der Waals surface area contributed by atoms with Crippen molar-refractivity contribution in [2.75, 3.05) is 27.5 Å². The van der Waals surface area contributed by atoms with Crippen LogP contribution in [0.1, 0.15) is 41.6 Å². The number of hydrogen-bond donors (Lipinski definition) is 3. The molecule has 28 heavy (non-hydrogen) atoms. The van der Waals surface area contributed by atoms with Gasteiger partial charge in [0.2, 0.25) is 18.4 Å². The molecule has 1 aliphatic carbocycles. The lowest BCUT2D eigenvalue weighted by Crippen LogP contribution is -3.10. The Kier molecular flexibility index (Phi) is 3.92. The summed E-state index contributed by atoms with van der Waals surface area (Å²) in [5.41, 5.74) is 1.85. The number of nitrogens with zero attached hydrogens (tertiary/aromatic N) is 1. The Labute approximate surface area is 166 Å². The summed E-state index contributed by atoms with van der Waals surface area (Å²) in [6.07, 6.45) is 2.70. The largest absolute Gasteiger partial charge is 0.494 e. The topological polar surface area (TPSA) is 90.2 Å². The van der Waals surface area contributed by atoms with Gasteiger partial charge in [-0.25, -0.2) is 0 Å². The first kappa shape index (κ1) is 17.6. The first-order valence-corrected chi connectivity index (χ1v) is 9.81. The molecule has 0 bridgehead atoms. The highest BCUT2D eigenvalue weighted by Gasteiger charge is 2.41. The number of H-pyrrole nitrogens is 1. The van der Waals surface area contributed by atoms with Crippen LogP contribution in [-0.4, -0.2) is 42.2 Å². The molecule has 1 saturated carbocycles. The highest BCUT2D eigenvalue weighted by molar-refractivity contribution is 7.71. The average Bonchev–Trinajstić information content (AvgIpc) is 3.37. The molecule has 2 aromatic rings. The molecular weight excluding hydrogens is 382 g/mol. The predicted octanol–water partition coefficient (Wildman–Crippen LogP) is 0.844. The van der Waals surface area contributed by atoms with Crippen LogP contribution in [0.3, 0.4) is 0 Å². The molecule has 2 aliphatic heterocycles. The van der Waals surface area contributed by atoms with Gasteiger partial charge >= 0.3 is 0 Å². The fourth-order valence-electron chi connectivity index (χ4n) is 4.40. The molecule has 5 rings (SSSR count). The Bertz CT molecular complexity index is 1090. The number of ether oxygens (including phenoxy) is 3. The van der Waals surface area contributed by atoms with E-state index in [9.17, 15) is 9.90 Å². The van der Waals surface area contributed by atoms with E-state index in [0.717, 1.165) is 41.8 Å². The summed E-state index contributed by atoms with van der Waals surface area (Å²) in [5, 5.41) is 11.1. The van der Waals surface area contributed by atoms with Crippen molar-refractivity contribution in [1.29, 1.82) is 0 Å². The van der Waals surface area contributed by atoms with Crippen LogP contribution >= 0.6 is 12.2 Å². The van der Waals surface area contributed by atoms with Crippen LogP contribution in [-0.2, 0) is 6.42 Å². The van der Waals surface area contributed by atoms with Gasteiger partial charge in [-0.05, 0) is 36.7 Å². The van der Waals surface area contributed by atoms with Gasteiger partial charge in [-0.1, -0.05) is 0 Å². The van der Waals surface area contributed by atoms with Crippen LogP contribution in [0.25, 0.3) is 0 Å². The number of benzene rings is 1. The third kappa shape index (κ3) is 2.46. The summed E-state index contributed by atoms with van der Waals surface area (Å²) in [4.78, 5) is 16.8. The molecule has 0 radical (unpaired) electrons. The lowest BCUT2D eigenvalue weighted by Gasteiger charge is -2.33. The molecule has 0 amide bonds. The lowest BCUT2D eigenvalue weighted by atomic mass is 9.87. The van der Waals surface area contributed by atoms with E-state index < -0.39 is 6.04 Å². The van der Waals surface area contributed by atoms with Crippen molar-refractivity contribution in [2.45, 2.75) is 31.3 Å². The smallest absolute Gasteiger partial charge is 0.265 e. The maximum atomic E-state index is 12.9. The zero-order valence-corrected chi connectivity index (χ0v) is 16.5. The normalized spacial score (nSPS) is 22.8. The van der Waals surface area contributed by atoms with Gasteiger partial charge in [0.05, 0.1) is 26.3 Å². The predicted molar refractivity (Wildman–Crippen MR) is 102 cm³/mol. The summed E-state index contributed by atoms with van der Waals surface area (Å²) in [6, 6.07) is 1.70. The average molecular weight is 404 g/mol. The number of hydrogen-bond acceptors (Lipinski definition) is 6. The number of aromatic hydroxyl groups is 1. The second-order valence-electron chi connectivity index (χ2n) is 7.59. The van der Waals surface area contributed by atoms with Crippen LogP contribution in [0.2, 0.25) is 0 Å². The van der Waals surface area contributed by atoms with Crippen molar-refractivity contribution < 1.29 is 24.2 Å². The minimum Gasteiger partial charge on any atom is -0.494 e. The van der Waals surface area contributed by atoms with Gasteiger partial charge in [0, 0.05) is 12.5 Å². The maximum Gasteiger partial charge on any atom is 0.265 e. The SMILES string of the molecule is COc1c2c(cc3c1[C@@H](c1c(O)n(C4CC4)c(=S)[nH]c1=O)[NH+](C)CC3)OCO2. The van der Waals surface area contributed by atoms with Crippen LogP contribution in [0.15, 0.2) is 10.9 Å². The maximum absolute atomic E-state index is 12.9. The quantitative estimate of drug-likeness (QED) is 0.657. The van der Waals surface area contributed by atoms with Crippen LogP contribution in [0.4, 0.5) is 0 Å². The molecule has 1 unspecified atom stereocenters. The van der Waals surface area contributed by atoms with Crippen LogP contribution in [0.5, 0.6) is 23.1 Å². The summed E-state index contributed by atoms with van der Waals surface area (Å²) in [5.74, 6) is 1.72. The van der Waals surface area contributed by atoms with Gasteiger partial charge in [0.1, 0.15) is 5.56 Å². The van der Waals surface area contributed by atoms with Gasteiger partial charge in [-0.3, -0.25) is 14.3 Å². The molecule has 1 aromatic carbocycles. The number of aromatic nitrogens is 2. The fourth-order valence-corrected chi connectivity index (χ4v) is 4.73. The number of fused-ring (bicyclic) bond motifs is 2. The molecule has 3 aliphatic rings. The van der Waals surface area contributed by atoms with E-state index >= 15 is 0 Å². The van der Waals surface area contributed by atoms with E-state index in [2.05, 4.69) is 4.98 Å². The van der Waals surface area contributed by atoms with E-state index in [1.165, 1.54) is 0 Å². The zero-order chi connectivity index (χ0) is 19.6. The number of quaternary nitrogens is 1. The van der Waals surface area contributed by atoms with Gasteiger partial charge in [0.15, 0.2) is 22.3 Å². The Morgan fingerprint density at radius 1 is 1.36 bits per heavy atom. The van der Waals surface area contributed by atoms with Crippen molar-refractivity contribution in [3.05, 3.63) is 37.9 Å². The molecule has 1 fully saturated rings. The highest BCUT2D eigenvalue weighted by Crippen LogP contribution is 2.49. The number of nitrogens with one attached hydrogen (secondary N) is 2. The first-order chi connectivity index (χ1) is 13.5. The second kappa shape index (κ2) is 6.25. The highest BCUT2D eigenvalue weighted by atomic mass is 32.1. The van der Waals surface area contributed by atoms with Crippen molar-refractivity contribution in [2.24, 2.45) is 0 Å². The molecule has 1 aromatic heterocycles. The minimum absolute atomic E-state index is 0.0480. The van der Waals surface area contributed by atoms with E-state index in [0.29, 0.717) is 22.8 Å². The minimum atomic E-state index is -0.405. The van der Waals surface area contributed by atoms with Crippen molar-refractivity contribution in [3.63, 3.8) is 0 Å². The standard InChI is InChI=1S/C19H21N3O5S/c1-21-6-5-9-7-11-15(27-8-26-11)16(25-2)12(9)14(21)13-17(23)20-19(28)22(18(13)24)10-3-4-10/h7,10,14,24H,3-6,8H2,1-2H3,(H,20,23,28)/p+1/t14-/m0/s1. The molecule has 148 valence electrons. The number of rotatable bonds is 3. The molecule has 3 heterocycles. The third-order valence-electron chi connectivity index (χ3n) is 5.87. The first-order valence-electron chi connectivity index (χ1n) is 9.40. The monoisotopic (exact) mass is 404 g/mol. The number of methoxy groups -OCH3 is 1. The molecule has 9 heteroatoms. The lowest BCUT2D eigenvalue weighted by molar-refractivity contribution is -0.908. The van der Waals surface area contributed by atoms with E-state index in [4.69, 9.17) is 26.4 Å². The van der Waals surface area contributed by atoms with Crippen molar-refractivity contribution in [3.8, 4) is 23.1 Å². The molecule has 2 atom stereocenters. The van der Waals surface area contributed by atoms with E-state index in [1.54, 1.807) is 11.7 Å². The Hall–Kier alpha value is -2.52. The molecule has 0 saturated heterocycles. The van der Waals surface area contributed by atoms with Gasteiger partial charge < -0.3 is 24.2 Å². The van der Waals surface area contributed by atoms with E-state index in [1.807, 2.05) is 13.1 Å². The van der Waals surface area contributed by atoms with Gasteiger partial charge in [-0.15, -0.1) is 0 Å². The summed E-state index contributed by atoms with van der Waals surface area (Å²) >= 11 is 5.30. The summed E-state index contributed by atoms with van der Waals surface area (Å²) in [6.45, 7) is 0.943.